The number of carbonyl (C=O) groups is 3. The van der Waals surface area contributed by atoms with Gasteiger partial charge in [-0.2, -0.15) is 0 Å². The lowest BCUT2D eigenvalue weighted by molar-refractivity contribution is -0.161. The molecule has 0 aromatic heterocycles. The van der Waals surface area contributed by atoms with Crippen molar-refractivity contribution in [3.63, 3.8) is 0 Å². The minimum atomic E-state index is -1.30. The van der Waals surface area contributed by atoms with Crippen LogP contribution in [0.3, 0.4) is 0 Å². The van der Waals surface area contributed by atoms with Gasteiger partial charge in [-0.05, 0) is 42.4 Å². The van der Waals surface area contributed by atoms with Crippen LogP contribution in [-0.2, 0) is 16.0 Å². The zero-order valence-corrected chi connectivity index (χ0v) is 18.9. The molecule has 4 amide bonds. The first kappa shape index (κ1) is 21.2. The van der Waals surface area contributed by atoms with Gasteiger partial charge in [0, 0.05) is 36.8 Å². The van der Waals surface area contributed by atoms with Crippen LogP contribution in [0.2, 0.25) is 5.02 Å². The smallest absolute Gasteiger partial charge is 0.333 e. The number of hydrogen-bond donors (Lipinski definition) is 0. The van der Waals surface area contributed by atoms with E-state index in [4.69, 9.17) is 11.6 Å². The standard InChI is InChI=1S/C23H30ClN3O3/c1-14(2)12-26-20(28)23(21(29)27(22(26)30)13-15(3)4)11-16-17(24)7-5-8-18(16)25-10-6-9-19(23)25/h5,7-8,14-15,19H,6,9-13H2,1-4H3/t19-/m0/s1. The van der Waals surface area contributed by atoms with Crippen LogP contribution >= 0.6 is 11.6 Å². The van der Waals surface area contributed by atoms with Crippen LogP contribution in [0.4, 0.5) is 10.5 Å². The summed E-state index contributed by atoms with van der Waals surface area (Å²) in [5.74, 6) is -0.478. The van der Waals surface area contributed by atoms with Crippen molar-refractivity contribution in [2.75, 3.05) is 24.5 Å². The number of amides is 4. The van der Waals surface area contributed by atoms with Crippen LogP contribution in [0.1, 0.15) is 46.1 Å². The Morgan fingerprint density at radius 2 is 1.63 bits per heavy atom. The number of barbiturate groups is 1. The molecule has 4 rings (SSSR count). The maximum Gasteiger partial charge on any atom is 0.333 e. The van der Waals surface area contributed by atoms with Gasteiger partial charge in [0.05, 0.1) is 6.04 Å². The first-order valence-electron chi connectivity index (χ1n) is 10.9. The highest BCUT2D eigenvalue weighted by atomic mass is 35.5. The van der Waals surface area contributed by atoms with E-state index in [2.05, 4.69) is 4.90 Å². The van der Waals surface area contributed by atoms with Crippen molar-refractivity contribution in [2.24, 2.45) is 17.3 Å². The van der Waals surface area contributed by atoms with Crippen molar-refractivity contribution < 1.29 is 14.4 Å². The minimum absolute atomic E-state index is 0.114. The fourth-order valence-corrected chi connectivity index (χ4v) is 5.57. The van der Waals surface area contributed by atoms with Crippen molar-refractivity contribution in [2.45, 2.75) is 53.0 Å². The van der Waals surface area contributed by atoms with E-state index in [-0.39, 0.29) is 36.1 Å². The second-order valence-corrected chi connectivity index (χ2v) is 10.0. The summed E-state index contributed by atoms with van der Waals surface area (Å²) in [4.78, 5) is 45.9. The van der Waals surface area contributed by atoms with Gasteiger partial charge >= 0.3 is 6.03 Å². The first-order chi connectivity index (χ1) is 14.2. The Kier molecular flexibility index (Phi) is 5.33. The molecular weight excluding hydrogens is 402 g/mol. The molecule has 1 atom stereocenters. The molecule has 3 aliphatic heterocycles. The molecular formula is C23H30ClN3O3. The van der Waals surface area contributed by atoms with Gasteiger partial charge < -0.3 is 4.90 Å². The zero-order chi connectivity index (χ0) is 21.8. The minimum Gasteiger partial charge on any atom is -0.367 e. The van der Waals surface area contributed by atoms with Crippen LogP contribution < -0.4 is 4.90 Å². The molecule has 0 N–H and O–H groups in total. The molecule has 0 aliphatic carbocycles. The zero-order valence-electron chi connectivity index (χ0n) is 18.2. The Bertz CT molecular complexity index is 866. The summed E-state index contributed by atoms with van der Waals surface area (Å²) in [6, 6.07) is 5.02. The number of carbonyl (C=O) groups excluding carboxylic acids is 3. The van der Waals surface area contributed by atoms with E-state index in [1.165, 1.54) is 9.80 Å². The predicted molar refractivity (Wildman–Crippen MR) is 116 cm³/mol. The van der Waals surface area contributed by atoms with Gasteiger partial charge in [-0.15, -0.1) is 0 Å². The van der Waals surface area contributed by atoms with E-state index in [1.807, 2.05) is 45.9 Å². The van der Waals surface area contributed by atoms with Crippen molar-refractivity contribution in [1.29, 1.82) is 0 Å². The average Bonchev–Trinajstić information content (AvgIpc) is 3.18. The summed E-state index contributed by atoms with van der Waals surface area (Å²) in [6.07, 6.45) is 1.90. The highest BCUT2D eigenvalue weighted by Crippen LogP contribution is 2.51. The second-order valence-electron chi connectivity index (χ2n) is 9.64. The second kappa shape index (κ2) is 7.56. The Morgan fingerprint density at radius 1 is 1.03 bits per heavy atom. The van der Waals surface area contributed by atoms with E-state index in [0.29, 0.717) is 18.1 Å². The lowest BCUT2D eigenvalue weighted by Crippen LogP contribution is -2.72. The van der Waals surface area contributed by atoms with Crippen LogP contribution in [0.5, 0.6) is 0 Å². The van der Waals surface area contributed by atoms with Crippen molar-refractivity contribution in [3.8, 4) is 0 Å². The third kappa shape index (κ3) is 3.03. The summed E-state index contributed by atoms with van der Waals surface area (Å²) in [7, 11) is 0. The molecule has 162 valence electrons. The van der Waals surface area contributed by atoms with Crippen LogP contribution in [0.15, 0.2) is 18.2 Å². The molecule has 7 heteroatoms. The maximum absolute atomic E-state index is 13.9. The molecule has 1 spiro atoms. The highest BCUT2D eigenvalue weighted by molar-refractivity contribution is 6.32. The fraction of sp³-hybridized carbons (Fsp3) is 0.609. The van der Waals surface area contributed by atoms with E-state index in [9.17, 15) is 14.4 Å². The van der Waals surface area contributed by atoms with Crippen molar-refractivity contribution in [3.05, 3.63) is 28.8 Å². The molecule has 3 aliphatic rings. The Hall–Kier alpha value is -2.08. The maximum atomic E-state index is 13.9. The monoisotopic (exact) mass is 431 g/mol. The topological polar surface area (TPSA) is 60.9 Å². The first-order valence-corrected chi connectivity index (χ1v) is 11.3. The van der Waals surface area contributed by atoms with Crippen LogP contribution in [-0.4, -0.2) is 53.3 Å². The van der Waals surface area contributed by atoms with Gasteiger partial charge in [-0.25, -0.2) is 4.79 Å². The van der Waals surface area contributed by atoms with Crippen molar-refractivity contribution in [1.82, 2.24) is 9.80 Å². The van der Waals surface area contributed by atoms with E-state index in [0.717, 1.165) is 30.6 Å². The van der Waals surface area contributed by atoms with E-state index in [1.54, 1.807) is 0 Å². The molecule has 6 nitrogen and oxygen atoms in total. The Balaban J connectivity index is 1.89. The number of hydrogen-bond acceptors (Lipinski definition) is 4. The molecule has 2 fully saturated rings. The molecule has 30 heavy (non-hydrogen) atoms. The number of rotatable bonds is 4. The summed E-state index contributed by atoms with van der Waals surface area (Å²) in [5.41, 5.74) is 0.549. The summed E-state index contributed by atoms with van der Waals surface area (Å²) in [6.45, 7) is 9.31. The van der Waals surface area contributed by atoms with Crippen LogP contribution in [0.25, 0.3) is 0 Å². The molecule has 1 aromatic rings. The average molecular weight is 432 g/mol. The van der Waals surface area contributed by atoms with E-state index < -0.39 is 11.4 Å². The summed E-state index contributed by atoms with van der Waals surface area (Å²) in [5, 5.41) is 0.570. The van der Waals surface area contributed by atoms with Gasteiger partial charge in [-0.1, -0.05) is 45.4 Å². The molecule has 2 saturated heterocycles. The van der Waals surface area contributed by atoms with Crippen molar-refractivity contribution >= 4 is 35.1 Å². The molecule has 0 bridgehead atoms. The molecule has 0 saturated carbocycles. The molecule has 1 aromatic carbocycles. The van der Waals surface area contributed by atoms with Gasteiger partial charge in [0.1, 0.15) is 0 Å². The number of benzene rings is 1. The van der Waals surface area contributed by atoms with Gasteiger partial charge in [-0.3, -0.25) is 19.4 Å². The van der Waals surface area contributed by atoms with E-state index >= 15 is 0 Å². The largest absolute Gasteiger partial charge is 0.367 e. The third-order valence-electron chi connectivity index (χ3n) is 6.49. The number of imide groups is 2. The Labute approximate surface area is 183 Å². The molecule has 3 heterocycles. The quantitative estimate of drug-likeness (QED) is 0.677. The predicted octanol–water partition coefficient (Wildman–Crippen LogP) is 3.95. The number of halogens is 1. The lowest BCUT2D eigenvalue weighted by atomic mass is 9.68. The molecule has 0 radical (unpaired) electrons. The number of fused-ring (bicyclic) bond motifs is 4. The highest BCUT2D eigenvalue weighted by Gasteiger charge is 2.65. The lowest BCUT2D eigenvalue weighted by Gasteiger charge is -2.52. The van der Waals surface area contributed by atoms with Gasteiger partial charge in [0.15, 0.2) is 5.41 Å². The SMILES string of the molecule is CC(C)CN1C(=O)N(CC(C)C)C(=O)C2(Cc3c(Cl)cccc3N3CCC[C@H]32)C1=O. The van der Waals surface area contributed by atoms with Crippen LogP contribution in [0, 0.1) is 17.3 Å². The molecule has 0 unspecified atom stereocenters. The fourth-order valence-electron chi connectivity index (χ4n) is 5.34. The Morgan fingerprint density at radius 3 is 2.20 bits per heavy atom. The van der Waals surface area contributed by atoms with Gasteiger partial charge in [0.25, 0.3) is 0 Å². The number of urea groups is 1. The number of nitrogens with zero attached hydrogens (tertiary/aromatic N) is 3. The summed E-state index contributed by atoms with van der Waals surface area (Å²) < 4.78 is 0. The number of anilines is 1. The van der Waals surface area contributed by atoms with Gasteiger partial charge in [0.2, 0.25) is 11.8 Å². The normalized spacial score (nSPS) is 23.1. The summed E-state index contributed by atoms with van der Waals surface area (Å²) >= 11 is 6.56. The third-order valence-corrected chi connectivity index (χ3v) is 6.85.